The Morgan fingerprint density at radius 3 is 1.57 bits per heavy atom. The van der Waals surface area contributed by atoms with Crippen LogP contribution in [0.3, 0.4) is 0 Å². The second-order valence-corrected chi connectivity index (χ2v) is 28.0. The number of hydrogen-bond acceptors (Lipinski definition) is 16. The Balaban J connectivity index is 0.000000302. The first kappa shape index (κ1) is 58.6. The van der Waals surface area contributed by atoms with E-state index in [-0.39, 0.29) is 67.2 Å². The summed E-state index contributed by atoms with van der Waals surface area (Å²) in [6.45, 7) is 6.85. The van der Waals surface area contributed by atoms with Gasteiger partial charge in [0.15, 0.2) is 18.2 Å². The predicted molar refractivity (Wildman–Crippen MR) is 269 cm³/mol. The van der Waals surface area contributed by atoms with Crippen molar-refractivity contribution in [2.75, 3.05) is 26.3 Å². The quantitative estimate of drug-likeness (QED) is 0.0619. The number of unbranched alkanes of at least 4 members (excludes halogenated alkanes) is 2. The smallest absolute Gasteiger partial charge is 0.330 e. The Kier molecular flexibility index (Phi) is 24.0. The monoisotopic (exact) mass is 1080 g/mol. The minimum atomic E-state index is -1.43. The average molecular weight is 1080 g/mol. The third-order valence-corrected chi connectivity index (χ3v) is 13.0. The van der Waals surface area contributed by atoms with Gasteiger partial charge in [0, 0.05) is 38.1 Å². The first-order valence-electron chi connectivity index (χ1n) is 21.6. The zero-order chi connectivity index (χ0) is 51.0. The number of ether oxygens (including phenoxy) is 4. The highest BCUT2D eigenvalue weighted by Crippen LogP contribution is 2.55. The molecular formula is C41H60N6O16P6. The van der Waals surface area contributed by atoms with Crippen molar-refractivity contribution in [2.24, 2.45) is 0 Å². The minimum absolute atomic E-state index is 0.00659. The molecule has 3 fully saturated rings. The third kappa shape index (κ3) is 18.9. The van der Waals surface area contributed by atoms with Crippen LogP contribution < -0.4 is 33.1 Å². The number of ketones is 2. The van der Waals surface area contributed by atoms with E-state index in [0.717, 1.165) is 10.8 Å². The van der Waals surface area contributed by atoms with Crippen LogP contribution in [0.2, 0.25) is 0 Å². The number of aliphatic hydroxyl groups is 2. The van der Waals surface area contributed by atoms with Crippen LogP contribution >= 0.6 is 50.8 Å². The van der Waals surface area contributed by atoms with Gasteiger partial charge in [-0.05, 0) is 53.4 Å². The number of carbonyl (C=O) groups is 4. The van der Waals surface area contributed by atoms with E-state index in [9.17, 15) is 48.6 Å². The van der Waals surface area contributed by atoms with Gasteiger partial charge in [-0.25, -0.2) is 9.59 Å². The van der Waals surface area contributed by atoms with Gasteiger partial charge in [-0.15, -0.1) is 0 Å². The lowest BCUT2D eigenvalue weighted by Gasteiger charge is -2.25. The molecule has 0 saturated carbocycles. The molecule has 3 aliphatic heterocycles. The average Bonchev–Trinajstić information content (AvgIpc) is 3.87. The maximum atomic E-state index is 12.7. The summed E-state index contributed by atoms with van der Waals surface area (Å²) in [7, 11) is 8.39. The zero-order valence-corrected chi connectivity index (χ0v) is 44.9. The van der Waals surface area contributed by atoms with E-state index in [1.165, 1.54) is 24.6 Å². The van der Waals surface area contributed by atoms with Crippen LogP contribution in [0.25, 0.3) is 0 Å². The first-order valence-corrected chi connectivity index (χ1v) is 30.6. The number of hydrogen-bond donors (Lipinski definition) is 6. The van der Waals surface area contributed by atoms with Gasteiger partial charge in [0.05, 0.1) is 41.4 Å². The maximum absolute atomic E-state index is 12.7. The van der Waals surface area contributed by atoms with E-state index >= 15 is 0 Å². The molecule has 0 aromatic carbocycles. The molecular weight excluding hydrogens is 1020 g/mol. The fourth-order valence-electron chi connectivity index (χ4n) is 7.02. The van der Waals surface area contributed by atoms with Crippen molar-refractivity contribution in [1.82, 2.24) is 29.7 Å². The van der Waals surface area contributed by atoms with Crippen molar-refractivity contribution in [2.45, 2.75) is 134 Å². The molecule has 69 heavy (non-hydrogen) atoms. The molecule has 12 atom stereocenters. The van der Waals surface area contributed by atoms with Crippen molar-refractivity contribution >= 4 is 74.1 Å². The van der Waals surface area contributed by atoms with E-state index in [1.807, 2.05) is 0 Å². The van der Waals surface area contributed by atoms with Crippen LogP contribution in [0.5, 0.6) is 0 Å². The highest BCUT2D eigenvalue weighted by atomic mass is 32.4. The minimum Gasteiger partial charge on any atom is -0.387 e. The van der Waals surface area contributed by atoms with Crippen molar-refractivity contribution in [1.29, 1.82) is 0 Å². The van der Waals surface area contributed by atoms with E-state index in [1.54, 1.807) is 13.8 Å². The number of carbonyl (C=O) groups excluding carboxylic acids is 4. The number of amides is 2. The van der Waals surface area contributed by atoms with Crippen molar-refractivity contribution in [3.05, 3.63) is 65.2 Å². The van der Waals surface area contributed by atoms with Gasteiger partial charge in [-0.2, -0.15) is 0 Å². The molecule has 0 bridgehead atoms. The molecule has 2 aromatic heterocycles. The van der Waals surface area contributed by atoms with Crippen LogP contribution in [0.4, 0.5) is 0 Å². The summed E-state index contributed by atoms with van der Waals surface area (Å²) in [5, 5.41) is 25.8. The molecule has 2 aromatic rings. The van der Waals surface area contributed by atoms with Gasteiger partial charge < -0.3 is 58.4 Å². The maximum Gasteiger partial charge on any atom is 0.330 e. The van der Waals surface area contributed by atoms with Crippen LogP contribution in [0.1, 0.15) is 103 Å². The van der Waals surface area contributed by atoms with E-state index in [0.29, 0.717) is 44.9 Å². The molecule has 6 N–H and O–H groups in total. The van der Waals surface area contributed by atoms with Crippen LogP contribution in [0, 0.1) is 23.7 Å². The second-order valence-electron chi connectivity index (χ2n) is 16.4. The largest absolute Gasteiger partial charge is 0.387 e. The van der Waals surface area contributed by atoms with Crippen LogP contribution in [-0.4, -0.2) is 121 Å². The summed E-state index contributed by atoms with van der Waals surface area (Å²) in [6.07, 6.45) is -0.818. The normalized spacial score (nSPS) is 23.2. The topological polar surface area (TPSA) is 298 Å². The number of Topliss-reactive ketones (excluding diaryl/α,β-unsaturated/α-hetero) is 2. The molecule has 28 heteroatoms. The summed E-state index contributed by atoms with van der Waals surface area (Å²) in [4.78, 5) is 99.2. The molecule has 0 spiro atoms. The summed E-state index contributed by atoms with van der Waals surface area (Å²) in [5.74, 6) is 9.53. The van der Waals surface area contributed by atoms with E-state index < -0.39 is 92.4 Å². The van der Waals surface area contributed by atoms with Crippen LogP contribution in [-0.2, 0) is 47.2 Å². The molecule has 3 aliphatic rings. The Labute approximate surface area is 409 Å². The lowest BCUT2D eigenvalue weighted by molar-refractivity contribution is -0.199. The molecule has 22 nitrogen and oxygen atoms in total. The van der Waals surface area contributed by atoms with Gasteiger partial charge in [0.25, 0.3) is 11.1 Å². The fourth-order valence-corrected chi connectivity index (χ4v) is 8.69. The molecule has 3 saturated heterocycles. The third-order valence-electron chi connectivity index (χ3n) is 10.3. The van der Waals surface area contributed by atoms with Crippen molar-refractivity contribution < 1.29 is 57.4 Å². The summed E-state index contributed by atoms with van der Waals surface area (Å²) < 4.78 is 37.0. The van der Waals surface area contributed by atoms with E-state index in [2.05, 4.69) is 80.0 Å². The number of nitrogens with zero attached hydrogens (tertiary/aromatic N) is 2. The predicted octanol–water partition coefficient (Wildman–Crippen LogP) is 1.33. The molecule has 6 unspecified atom stereocenters. The molecule has 5 heterocycles. The number of aliphatic hydroxyl groups excluding tert-OH is 2. The van der Waals surface area contributed by atoms with Crippen molar-refractivity contribution in [3.8, 4) is 23.7 Å². The number of fused-ring (bicyclic) bond motifs is 1. The Morgan fingerprint density at radius 1 is 0.681 bits per heavy atom. The molecule has 0 radical (unpaired) electrons. The van der Waals surface area contributed by atoms with Gasteiger partial charge in [-0.3, -0.25) is 38.3 Å². The molecule has 380 valence electrons. The highest BCUT2D eigenvalue weighted by Gasteiger charge is 2.56. The number of aromatic amines is 2. The molecule has 0 aliphatic carbocycles. The number of nitrogens with one attached hydrogen (secondary N) is 4. The summed E-state index contributed by atoms with van der Waals surface area (Å²) >= 11 is 0. The lowest BCUT2D eigenvalue weighted by Crippen LogP contribution is -2.38. The highest BCUT2D eigenvalue weighted by molar-refractivity contribution is 8.41. The summed E-state index contributed by atoms with van der Waals surface area (Å²) in [5.41, 5.74) is -2.90. The Hall–Kier alpha value is -2.98. The number of aromatic nitrogens is 4. The van der Waals surface area contributed by atoms with E-state index in [4.69, 9.17) is 28.0 Å². The zero-order valence-electron chi connectivity index (χ0n) is 38.5. The number of H-pyrrole nitrogens is 2. The fraction of sp³-hybridized carbons (Fsp3) is 0.610. The van der Waals surface area contributed by atoms with Gasteiger partial charge in [0.1, 0.15) is 59.3 Å². The van der Waals surface area contributed by atoms with Crippen molar-refractivity contribution in [3.63, 3.8) is 0 Å². The molecule has 5 rings (SSSR count). The first-order chi connectivity index (χ1) is 32.6. The Morgan fingerprint density at radius 2 is 1.10 bits per heavy atom. The van der Waals surface area contributed by atoms with Gasteiger partial charge in [-0.1, -0.05) is 59.4 Å². The Bertz CT molecular complexity index is 2490. The SMILES string of the molecule is CC(=O)CCCCC(=O)NCC#Cc1cn([C@@H]2O[C@H](COP(P)P)C(O)[C@@H]2O)c(=O)[nH]c1=O.CC(=O)CCCCC(=O)NCC#Cc1cn([C@@H]2O[C@H](COP(P)P)C3OC(C)(C)O[C@@H]32)c(=O)[nH]c1=O. The lowest BCUT2D eigenvalue weighted by atomic mass is 10.1. The number of rotatable bonds is 20. The van der Waals surface area contributed by atoms with Gasteiger partial charge in [0.2, 0.25) is 11.8 Å². The second kappa shape index (κ2) is 28.3. The molecule has 2 amide bonds. The summed E-state index contributed by atoms with van der Waals surface area (Å²) in [6, 6.07) is 0. The van der Waals surface area contributed by atoms with Gasteiger partial charge >= 0.3 is 11.4 Å². The van der Waals surface area contributed by atoms with Crippen LogP contribution in [0.15, 0.2) is 31.6 Å². The standard InChI is InChI=1S/C22H32N3O8P3.C19H28N3O8P3/c1-13(26)7-4-5-9-16(27)23-10-6-8-14-11-25(21(29)24-19(14)28)20-18-17(32-22(2,3)33-18)15(31-20)12-30-36(34)35;1-11(23)5-2-3-7-14(24)20-8-4-6-12-9-22(19(28)21-17(12)27)18-16(26)15(25)13(30-18)10-29-33(31)32/h11,15,17-18,20H,4-5,7,9-10,12,34-35H2,1-3H3,(H,23,27)(H,24,28,29);9,13,15-16,18,25-26H,2-3,5,7-8,10,31-32H2,1H3,(H,20,24)(H,21,27,28)/t15-,17?,18+,20-;13-,15?,16+,18-/m11/s1.